The van der Waals surface area contributed by atoms with Crippen LogP contribution in [0, 0.1) is 0 Å². The van der Waals surface area contributed by atoms with E-state index in [4.69, 9.17) is 14.6 Å². The third-order valence-electron chi connectivity index (χ3n) is 4.88. The van der Waals surface area contributed by atoms with Crippen molar-refractivity contribution in [2.45, 2.75) is 13.0 Å². The molecule has 164 valence electrons. The first-order valence-electron chi connectivity index (χ1n) is 10.3. The molecule has 0 unspecified atom stereocenters. The molecule has 1 N–H and O–H groups in total. The number of hydrogen-bond acceptors (Lipinski definition) is 5. The van der Waals surface area contributed by atoms with Gasteiger partial charge in [-0.05, 0) is 49.9 Å². The quantitative estimate of drug-likeness (QED) is 0.481. The average Bonchev–Trinajstić information content (AvgIpc) is 3.21. The maximum Gasteiger partial charge on any atom is 0.234 e. The number of aromatic nitrogens is 2. The van der Waals surface area contributed by atoms with Gasteiger partial charge in [-0.25, -0.2) is 4.68 Å². The number of benzene rings is 2. The Morgan fingerprint density at radius 1 is 1.10 bits per heavy atom. The summed E-state index contributed by atoms with van der Waals surface area (Å²) in [6.45, 7) is 2.16. The maximum absolute atomic E-state index is 12.2. The molecule has 7 heteroatoms. The molecule has 0 spiro atoms. The third-order valence-corrected chi connectivity index (χ3v) is 4.88. The van der Waals surface area contributed by atoms with E-state index in [-0.39, 0.29) is 5.91 Å². The first-order valence-corrected chi connectivity index (χ1v) is 10.3. The number of ether oxygens (including phenoxy) is 2. The van der Waals surface area contributed by atoms with Crippen molar-refractivity contribution in [1.82, 2.24) is 20.0 Å². The average molecular weight is 423 g/mol. The molecule has 0 atom stereocenters. The number of rotatable bonds is 11. The topological polar surface area (TPSA) is 68.6 Å². The minimum atomic E-state index is 0.0000479. The third kappa shape index (κ3) is 6.41. The predicted molar refractivity (Wildman–Crippen MR) is 121 cm³/mol. The molecule has 7 nitrogen and oxygen atoms in total. The lowest BCUT2D eigenvalue weighted by Gasteiger charge is -2.16. The highest BCUT2D eigenvalue weighted by Gasteiger charge is 2.15. The van der Waals surface area contributed by atoms with E-state index in [0.29, 0.717) is 26.2 Å². The monoisotopic (exact) mass is 422 g/mol. The number of nitrogens with zero attached hydrogens (tertiary/aromatic N) is 3. The number of methoxy groups -OCH3 is 2. The number of carbonyl (C=O) groups is 1. The molecule has 1 aromatic heterocycles. The molecule has 0 fully saturated rings. The molecule has 0 saturated carbocycles. The highest BCUT2D eigenvalue weighted by Crippen LogP contribution is 2.26. The standard InChI is InChI=1S/C24H30N4O3/c1-27(18-23(29)25-14-7-15-30-2)16-20-17-28(21-8-5-4-6-9-21)26-24(20)19-10-12-22(31-3)13-11-19/h4-6,8-13,17H,7,14-16,18H2,1-3H3,(H,25,29). The summed E-state index contributed by atoms with van der Waals surface area (Å²) in [6.07, 6.45) is 2.83. The van der Waals surface area contributed by atoms with Gasteiger partial charge in [0.1, 0.15) is 5.75 Å². The Morgan fingerprint density at radius 2 is 1.84 bits per heavy atom. The first kappa shape index (κ1) is 22.5. The van der Waals surface area contributed by atoms with E-state index in [2.05, 4.69) is 5.32 Å². The first-order chi connectivity index (χ1) is 15.1. The van der Waals surface area contributed by atoms with E-state index in [1.165, 1.54) is 0 Å². The van der Waals surface area contributed by atoms with Gasteiger partial charge in [0.2, 0.25) is 5.91 Å². The summed E-state index contributed by atoms with van der Waals surface area (Å²) in [5.41, 5.74) is 3.92. The molecule has 0 aliphatic rings. The SMILES string of the molecule is COCCCNC(=O)CN(C)Cc1cn(-c2ccccc2)nc1-c1ccc(OC)cc1. The predicted octanol–water partition coefficient (Wildman–Crippen LogP) is 3.13. The fourth-order valence-corrected chi connectivity index (χ4v) is 3.32. The second kappa shape index (κ2) is 11.3. The Bertz CT molecular complexity index is 955. The van der Waals surface area contributed by atoms with Crippen LogP contribution in [0.3, 0.4) is 0 Å². The molecule has 3 rings (SSSR count). The van der Waals surface area contributed by atoms with Crippen LogP contribution in [0.1, 0.15) is 12.0 Å². The van der Waals surface area contributed by atoms with E-state index in [0.717, 1.165) is 34.7 Å². The molecule has 0 bridgehead atoms. The molecule has 0 aliphatic carbocycles. The number of carbonyl (C=O) groups excluding carboxylic acids is 1. The van der Waals surface area contributed by atoms with Crippen molar-refractivity contribution in [2.75, 3.05) is 41.0 Å². The Hall–Kier alpha value is -3.16. The Kier molecular flexibility index (Phi) is 8.20. The van der Waals surface area contributed by atoms with Crippen molar-refractivity contribution in [1.29, 1.82) is 0 Å². The summed E-state index contributed by atoms with van der Waals surface area (Å²) in [6, 6.07) is 17.9. The zero-order chi connectivity index (χ0) is 22.1. The number of hydrogen-bond donors (Lipinski definition) is 1. The van der Waals surface area contributed by atoms with Crippen molar-refractivity contribution in [3.63, 3.8) is 0 Å². The van der Waals surface area contributed by atoms with E-state index in [9.17, 15) is 4.79 Å². The number of amides is 1. The smallest absolute Gasteiger partial charge is 0.234 e. The van der Waals surface area contributed by atoms with Crippen LogP contribution in [0.15, 0.2) is 60.8 Å². The van der Waals surface area contributed by atoms with Gasteiger partial charge in [0, 0.05) is 44.1 Å². The summed E-state index contributed by atoms with van der Waals surface area (Å²) in [4.78, 5) is 14.2. The lowest BCUT2D eigenvalue weighted by Crippen LogP contribution is -2.35. The van der Waals surface area contributed by atoms with Gasteiger partial charge in [0.25, 0.3) is 0 Å². The molecule has 0 radical (unpaired) electrons. The van der Waals surface area contributed by atoms with Gasteiger partial charge in [0.05, 0.1) is 25.0 Å². The Morgan fingerprint density at radius 3 is 2.52 bits per heavy atom. The van der Waals surface area contributed by atoms with Gasteiger partial charge in [-0.1, -0.05) is 18.2 Å². The zero-order valence-electron chi connectivity index (χ0n) is 18.4. The molecular formula is C24H30N4O3. The van der Waals surface area contributed by atoms with E-state index < -0.39 is 0 Å². The minimum Gasteiger partial charge on any atom is -0.497 e. The van der Waals surface area contributed by atoms with Crippen molar-refractivity contribution >= 4 is 5.91 Å². The second-order valence-electron chi connectivity index (χ2n) is 7.38. The fraction of sp³-hybridized carbons (Fsp3) is 0.333. The largest absolute Gasteiger partial charge is 0.497 e. The van der Waals surface area contributed by atoms with Crippen LogP contribution in [0.25, 0.3) is 16.9 Å². The van der Waals surface area contributed by atoms with Crippen LogP contribution in [-0.4, -0.2) is 61.6 Å². The van der Waals surface area contributed by atoms with Crippen molar-refractivity contribution in [2.24, 2.45) is 0 Å². The summed E-state index contributed by atoms with van der Waals surface area (Å²) in [5, 5.41) is 7.77. The van der Waals surface area contributed by atoms with Crippen molar-refractivity contribution < 1.29 is 14.3 Å². The molecule has 31 heavy (non-hydrogen) atoms. The molecule has 1 amide bonds. The van der Waals surface area contributed by atoms with E-state index in [1.807, 2.05) is 77.4 Å². The van der Waals surface area contributed by atoms with Crippen LogP contribution in [0.5, 0.6) is 5.75 Å². The number of para-hydroxylation sites is 1. The summed E-state index contributed by atoms with van der Waals surface area (Å²) in [5.74, 6) is 0.801. The number of nitrogens with one attached hydrogen (secondary N) is 1. The lowest BCUT2D eigenvalue weighted by atomic mass is 10.1. The van der Waals surface area contributed by atoms with Gasteiger partial charge in [-0.15, -0.1) is 0 Å². The Balaban J connectivity index is 1.77. The van der Waals surface area contributed by atoms with Crippen LogP contribution in [-0.2, 0) is 16.1 Å². The normalized spacial score (nSPS) is 11.0. The second-order valence-corrected chi connectivity index (χ2v) is 7.38. The summed E-state index contributed by atoms with van der Waals surface area (Å²) >= 11 is 0. The van der Waals surface area contributed by atoms with Gasteiger partial charge < -0.3 is 14.8 Å². The van der Waals surface area contributed by atoms with Crippen LogP contribution < -0.4 is 10.1 Å². The summed E-state index contributed by atoms with van der Waals surface area (Å²) < 4.78 is 12.2. The molecule has 2 aromatic carbocycles. The molecule has 3 aromatic rings. The number of likely N-dealkylation sites (N-methyl/N-ethyl adjacent to an activating group) is 1. The fourth-order valence-electron chi connectivity index (χ4n) is 3.32. The molecule has 1 heterocycles. The van der Waals surface area contributed by atoms with Crippen LogP contribution in [0.2, 0.25) is 0 Å². The Labute approximate surface area is 183 Å². The van der Waals surface area contributed by atoms with E-state index >= 15 is 0 Å². The van der Waals surface area contributed by atoms with Gasteiger partial charge in [-0.3, -0.25) is 9.69 Å². The minimum absolute atomic E-state index is 0.0000479. The van der Waals surface area contributed by atoms with Gasteiger partial charge in [0.15, 0.2) is 0 Å². The van der Waals surface area contributed by atoms with Crippen molar-refractivity contribution in [3.8, 4) is 22.7 Å². The zero-order valence-corrected chi connectivity index (χ0v) is 18.4. The van der Waals surface area contributed by atoms with Crippen molar-refractivity contribution in [3.05, 3.63) is 66.4 Å². The van der Waals surface area contributed by atoms with Gasteiger partial charge >= 0.3 is 0 Å². The highest BCUT2D eigenvalue weighted by atomic mass is 16.5. The summed E-state index contributed by atoms with van der Waals surface area (Å²) in [7, 11) is 5.25. The lowest BCUT2D eigenvalue weighted by molar-refractivity contribution is -0.122. The van der Waals surface area contributed by atoms with Crippen LogP contribution in [0.4, 0.5) is 0 Å². The highest BCUT2D eigenvalue weighted by molar-refractivity contribution is 5.78. The van der Waals surface area contributed by atoms with Gasteiger partial charge in [-0.2, -0.15) is 5.10 Å². The molecular weight excluding hydrogens is 392 g/mol. The molecule has 0 saturated heterocycles. The van der Waals surface area contributed by atoms with Crippen LogP contribution >= 0.6 is 0 Å². The maximum atomic E-state index is 12.2. The van der Waals surface area contributed by atoms with E-state index in [1.54, 1.807) is 14.2 Å². The molecule has 0 aliphatic heterocycles.